The van der Waals surface area contributed by atoms with Gasteiger partial charge in [-0.05, 0) is 0 Å². The van der Waals surface area contributed by atoms with Gasteiger partial charge in [-0.1, -0.05) is 0 Å². The Balaban J connectivity index is 1.22. The van der Waals surface area contributed by atoms with Gasteiger partial charge in [-0.25, -0.2) is 24.1 Å². The van der Waals surface area contributed by atoms with E-state index in [0.717, 1.165) is 17.2 Å². The first-order valence-corrected chi connectivity index (χ1v) is 16.5. The van der Waals surface area contributed by atoms with Crippen LogP contribution in [0.3, 0.4) is 0 Å². The van der Waals surface area contributed by atoms with Crippen molar-refractivity contribution < 1.29 is 56.7 Å². The number of nitrogens with zero attached hydrogens (tertiary/aromatic N) is 7. The van der Waals surface area contributed by atoms with Gasteiger partial charge < -0.3 is 45.5 Å². The number of hydrogen-bond donors (Lipinski definition) is 7. The molecule has 9 N–H and O–H groups in total. The minimum atomic E-state index is -5.16. The van der Waals surface area contributed by atoms with Crippen molar-refractivity contribution in [3.8, 4) is 6.07 Å². The Bertz CT molecular complexity index is 2080. The summed E-state index contributed by atoms with van der Waals surface area (Å²) in [5.41, 5.74) is 10.6. The largest absolute Gasteiger partial charge is 0.472 e. The molecular weight excluding hydrogens is 674 g/mol. The number of aliphatic hydroxyl groups is 2. The van der Waals surface area contributed by atoms with E-state index in [1.54, 1.807) is 0 Å². The number of hydrogen-bond acceptors (Lipinski definition) is 18. The van der Waals surface area contributed by atoms with Crippen LogP contribution in [0.5, 0.6) is 0 Å². The zero-order valence-electron chi connectivity index (χ0n) is 23.4. The molecule has 3 aliphatic rings. The maximum absolute atomic E-state index is 13.2. The summed E-state index contributed by atoms with van der Waals surface area (Å²) in [4.78, 5) is 51.8. The summed E-state index contributed by atoms with van der Waals surface area (Å²) in [6.45, 7) is -1.72. The number of aromatic amines is 1. The van der Waals surface area contributed by atoms with E-state index in [1.165, 1.54) is 10.8 Å². The summed E-state index contributed by atoms with van der Waals surface area (Å²) in [7, 11) is -10.3. The lowest BCUT2D eigenvalue weighted by atomic mass is 10.1. The summed E-state index contributed by atoms with van der Waals surface area (Å²) < 4.78 is 61.2. The van der Waals surface area contributed by atoms with Crippen LogP contribution in [0.15, 0.2) is 23.6 Å². The van der Waals surface area contributed by atoms with Gasteiger partial charge in [0.1, 0.15) is 60.5 Å². The molecule has 0 radical (unpaired) electrons. The third kappa shape index (κ3) is 5.49. The number of fused-ring (bicyclic) bond motifs is 5. The molecule has 0 aromatic carbocycles. The first-order valence-electron chi connectivity index (χ1n) is 13.5. The van der Waals surface area contributed by atoms with E-state index >= 15 is 0 Å². The van der Waals surface area contributed by atoms with E-state index in [2.05, 4.69) is 24.9 Å². The highest BCUT2D eigenvalue weighted by Gasteiger charge is 2.54. The first-order chi connectivity index (χ1) is 22.3. The van der Waals surface area contributed by atoms with Crippen molar-refractivity contribution in [3.05, 3.63) is 34.8 Å². The topological polar surface area (TPSA) is 341 Å². The molecule has 2 bridgehead atoms. The number of aromatic nitrogens is 7. The van der Waals surface area contributed by atoms with Gasteiger partial charge in [0.25, 0.3) is 5.56 Å². The highest BCUT2D eigenvalue weighted by molar-refractivity contribution is 7.47. The molecule has 25 heteroatoms. The summed E-state index contributed by atoms with van der Waals surface area (Å²) in [5.74, 6) is -0.338. The quantitative estimate of drug-likeness (QED) is 0.113. The molecule has 0 aliphatic carbocycles. The fraction of sp³-hybridized carbons (Fsp3) is 0.455. The fourth-order valence-corrected chi connectivity index (χ4v) is 7.52. The average molecular weight is 698 g/mol. The zero-order valence-corrected chi connectivity index (χ0v) is 25.2. The number of aliphatic hydroxyl groups excluding tert-OH is 2. The number of phosphoric acid groups is 2. The van der Waals surface area contributed by atoms with Crippen LogP contribution in [0.25, 0.3) is 22.2 Å². The van der Waals surface area contributed by atoms with Crippen molar-refractivity contribution in [2.24, 2.45) is 0 Å². The predicted molar refractivity (Wildman–Crippen MR) is 150 cm³/mol. The second-order valence-electron chi connectivity index (χ2n) is 10.6. The van der Waals surface area contributed by atoms with Gasteiger partial charge in [0, 0.05) is 6.20 Å². The summed E-state index contributed by atoms with van der Waals surface area (Å²) in [5, 5.41) is 32.0. The summed E-state index contributed by atoms with van der Waals surface area (Å²) in [6.07, 6.45) is -9.62. The Morgan fingerprint density at radius 2 is 1.62 bits per heavy atom. The number of rotatable bonds is 2. The number of anilines is 2. The van der Waals surface area contributed by atoms with E-state index < -0.39 is 83.5 Å². The molecule has 23 nitrogen and oxygen atoms in total. The van der Waals surface area contributed by atoms with Gasteiger partial charge in [-0.3, -0.25) is 32.4 Å². The number of ether oxygens (including phenoxy) is 2. The molecule has 7 rings (SSSR count). The maximum Gasteiger partial charge on any atom is 0.472 e. The number of nitrogens with one attached hydrogen (secondary N) is 1. The lowest BCUT2D eigenvalue weighted by Gasteiger charge is -2.25. The van der Waals surface area contributed by atoms with Gasteiger partial charge in [0.15, 0.2) is 23.6 Å². The molecule has 0 saturated carbocycles. The minimum Gasteiger partial charge on any atom is -0.387 e. The van der Waals surface area contributed by atoms with E-state index in [-0.39, 0.29) is 39.5 Å². The first kappa shape index (κ1) is 31.7. The predicted octanol–water partition coefficient (Wildman–Crippen LogP) is -1.86. The van der Waals surface area contributed by atoms with E-state index in [1.807, 2.05) is 6.07 Å². The van der Waals surface area contributed by atoms with E-state index in [4.69, 9.17) is 39.0 Å². The second-order valence-corrected chi connectivity index (χ2v) is 13.4. The van der Waals surface area contributed by atoms with Crippen LogP contribution in [0, 0.1) is 11.3 Å². The van der Waals surface area contributed by atoms with Crippen molar-refractivity contribution in [3.63, 3.8) is 0 Å². The van der Waals surface area contributed by atoms with Gasteiger partial charge in [-0.15, -0.1) is 0 Å². The van der Waals surface area contributed by atoms with Gasteiger partial charge in [0.05, 0.1) is 30.5 Å². The smallest absolute Gasteiger partial charge is 0.387 e. The lowest BCUT2D eigenvalue weighted by molar-refractivity contribution is -0.0671. The van der Waals surface area contributed by atoms with Crippen LogP contribution >= 0.6 is 15.6 Å². The molecule has 0 amide bonds. The van der Waals surface area contributed by atoms with Crippen molar-refractivity contribution in [1.82, 2.24) is 34.1 Å². The molecule has 0 spiro atoms. The Labute approximate surface area is 260 Å². The van der Waals surface area contributed by atoms with Crippen molar-refractivity contribution in [2.45, 2.75) is 49.1 Å². The normalized spacial score (nSPS) is 36.4. The minimum absolute atomic E-state index is 0.0226. The fourth-order valence-electron chi connectivity index (χ4n) is 5.63. The summed E-state index contributed by atoms with van der Waals surface area (Å²) in [6, 6.07) is 1.93. The Morgan fingerprint density at radius 3 is 2.34 bits per heavy atom. The van der Waals surface area contributed by atoms with Crippen LogP contribution in [0.2, 0.25) is 0 Å². The molecule has 10 atom stereocenters. The maximum atomic E-state index is 13.2. The van der Waals surface area contributed by atoms with Crippen molar-refractivity contribution in [1.29, 1.82) is 5.26 Å². The number of nitrogen functional groups attached to an aromatic ring is 2. The molecular formula is C22H24N10O13P2. The van der Waals surface area contributed by atoms with Crippen LogP contribution in [-0.4, -0.2) is 104 Å². The molecule has 4 aromatic rings. The SMILES string of the molecule is N#Cc1cn([C@@H]2OC3COP(=O)(O)O[C@@H]4[C@H](O)[C@@H](COP(=O)(O)O[C@H]3[C@H]2O)O[C@H]4n2cnc3c(=O)[nH]c(N)nc32)c2ncnc(N)c12. The molecule has 47 heavy (non-hydrogen) atoms. The molecule has 3 saturated heterocycles. The summed E-state index contributed by atoms with van der Waals surface area (Å²) >= 11 is 0. The molecule has 250 valence electrons. The van der Waals surface area contributed by atoms with Crippen molar-refractivity contribution in [2.75, 3.05) is 24.7 Å². The van der Waals surface area contributed by atoms with Crippen LogP contribution in [0.1, 0.15) is 18.0 Å². The Hall–Kier alpha value is -3.88. The lowest BCUT2D eigenvalue weighted by Crippen LogP contribution is -2.36. The third-order valence-corrected chi connectivity index (χ3v) is 9.66. The molecule has 7 heterocycles. The number of H-pyrrole nitrogens is 1. The van der Waals surface area contributed by atoms with Gasteiger partial charge >= 0.3 is 15.6 Å². The third-order valence-electron chi connectivity index (χ3n) is 7.69. The van der Waals surface area contributed by atoms with E-state index in [0.29, 0.717) is 0 Å². The molecule has 3 aliphatic heterocycles. The van der Waals surface area contributed by atoms with Crippen LogP contribution < -0.4 is 17.0 Å². The monoisotopic (exact) mass is 698 g/mol. The highest BCUT2D eigenvalue weighted by atomic mass is 31.2. The Morgan fingerprint density at radius 1 is 0.936 bits per heavy atom. The molecule has 4 aromatic heterocycles. The van der Waals surface area contributed by atoms with Gasteiger partial charge in [-0.2, -0.15) is 10.2 Å². The standard InChI is InChI=1S/C22H24N10O13P2/c23-1-7-2-31(17-10(7)16(24)26-5-27-17)20-13(34)14-9(43-20)4-41-47(38,39)45-15-12(33)8(3-40-46(36,37)44-14)42-21(15)32-6-28-11-18(32)29-22(25)30-19(11)35/h2,5-6,8-9,12-15,20-21,33-34H,3-4H2,(H,36,37)(H,38,39)(H2,24,26,27)(H3,25,29,30,35)/t8-,9?,12-,13-,14-,15-,20-,21-/m1/s1. The number of nitrogens with two attached hydrogens (primary N) is 2. The van der Waals surface area contributed by atoms with Gasteiger partial charge in [0.2, 0.25) is 5.95 Å². The zero-order chi connectivity index (χ0) is 33.4. The number of nitriles is 1. The number of phosphoric ester groups is 2. The average Bonchev–Trinajstić information content (AvgIpc) is 3.75. The molecule has 3 unspecified atom stereocenters. The second kappa shape index (κ2) is 11.4. The number of imidazole rings is 1. The Kier molecular flexibility index (Phi) is 7.67. The highest BCUT2D eigenvalue weighted by Crippen LogP contribution is 2.53. The van der Waals surface area contributed by atoms with Crippen LogP contribution in [-0.2, 0) is 36.7 Å². The van der Waals surface area contributed by atoms with E-state index in [9.17, 15) is 39.2 Å². The van der Waals surface area contributed by atoms with Crippen LogP contribution in [0.4, 0.5) is 11.8 Å². The molecule has 3 fully saturated rings. The van der Waals surface area contributed by atoms with Crippen molar-refractivity contribution >= 4 is 49.6 Å².